The fourth-order valence-corrected chi connectivity index (χ4v) is 1.71. The van der Waals surface area contributed by atoms with Crippen molar-refractivity contribution in [2.75, 3.05) is 6.54 Å². The molecule has 0 radical (unpaired) electrons. The quantitative estimate of drug-likeness (QED) is 0.438. The van der Waals surface area contributed by atoms with Gasteiger partial charge < -0.3 is 5.32 Å². The Morgan fingerprint density at radius 1 is 1.05 bits per heavy atom. The van der Waals surface area contributed by atoms with Gasteiger partial charge in [-0.15, -0.1) is 0 Å². The molecule has 0 saturated heterocycles. The van der Waals surface area contributed by atoms with Gasteiger partial charge in [0.1, 0.15) is 0 Å². The molecule has 0 atom stereocenters. The number of nitrogens with one attached hydrogen (secondary N) is 2. The Labute approximate surface area is 125 Å². The lowest BCUT2D eigenvalue weighted by molar-refractivity contribution is -0.121. The molecule has 1 aromatic carbocycles. The molecule has 114 valence electrons. The second-order valence-corrected chi connectivity index (χ2v) is 5.03. The number of rotatable bonds is 8. The van der Waals surface area contributed by atoms with Gasteiger partial charge in [-0.25, -0.2) is 5.43 Å². The van der Waals surface area contributed by atoms with Gasteiger partial charge in [-0.2, -0.15) is 5.10 Å². The highest BCUT2D eigenvalue weighted by molar-refractivity contribution is 5.94. The smallest absolute Gasteiger partial charge is 0.251 e. The highest BCUT2D eigenvalue weighted by Gasteiger charge is 2.03. The van der Waals surface area contributed by atoms with Gasteiger partial charge in [-0.05, 0) is 38.8 Å². The molecule has 0 bridgehead atoms. The summed E-state index contributed by atoms with van der Waals surface area (Å²) in [6.45, 7) is 4.28. The Bertz CT molecular complexity index is 480. The number of hydrogen-bond donors (Lipinski definition) is 2. The van der Waals surface area contributed by atoms with Crippen LogP contribution in [0.25, 0.3) is 0 Å². The molecule has 1 rings (SSSR count). The Hall–Kier alpha value is -2.17. The first-order valence-corrected chi connectivity index (χ1v) is 7.22. The monoisotopic (exact) mass is 289 g/mol. The Morgan fingerprint density at radius 2 is 1.76 bits per heavy atom. The fraction of sp³-hybridized carbons (Fsp3) is 0.438. The Morgan fingerprint density at radius 3 is 2.43 bits per heavy atom. The number of carbonyl (C=O) groups excluding carboxylic acids is 2. The first-order chi connectivity index (χ1) is 10.1. The minimum Gasteiger partial charge on any atom is -0.352 e. The number of hydrazone groups is 1. The number of amides is 2. The van der Waals surface area contributed by atoms with Crippen LogP contribution in [0.15, 0.2) is 35.4 Å². The highest BCUT2D eigenvalue weighted by atomic mass is 16.2. The normalized spacial score (nSPS) is 9.81. The number of benzene rings is 1. The molecule has 0 heterocycles. The summed E-state index contributed by atoms with van der Waals surface area (Å²) in [6.07, 6.45) is 3.02. The fourth-order valence-electron chi connectivity index (χ4n) is 1.71. The zero-order chi connectivity index (χ0) is 15.5. The van der Waals surface area contributed by atoms with E-state index in [0.29, 0.717) is 18.5 Å². The third-order valence-corrected chi connectivity index (χ3v) is 2.81. The lowest BCUT2D eigenvalue weighted by atomic mass is 10.2. The van der Waals surface area contributed by atoms with E-state index >= 15 is 0 Å². The van der Waals surface area contributed by atoms with Gasteiger partial charge in [-0.1, -0.05) is 24.6 Å². The molecule has 21 heavy (non-hydrogen) atoms. The van der Waals surface area contributed by atoms with Crippen LogP contribution in [0.1, 0.15) is 49.9 Å². The molecule has 0 aliphatic heterocycles. The second-order valence-electron chi connectivity index (χ2n) is 5.03. The van der Waals surface area contributed by atoms with Crippen molar-refractivity contribution in [3.63, 3.8) is 0 Å². The molecule has 0 aromatic heterocycles. The van der Waals surface area contributed by atoms with Gasteiger partial charge in [0, 0.05) is 24.2 Å². The molecule has 2 N–H and O–H groups in total. The minimum absolute atomic E-state index is 0.0545. The zero-order valence-corrected chi connectivity index (χ0v) is 12.7. The largest absolute Gasteiger partial charge is 0.352 e. The van der Waals surface area contributed by atoms with E-state index in [1.54, 1.807) is 12.1 Å². The van der Waals surface area contributed by atoms with E-state index in [0.717, 1.165) is 25.0 Å². The van der Waals surface area contributed by atoms with E-state index in [-0.39, 0.29) is 11.8 Å². The third kappa shape index (κ3) is 7.87. The second kappa shape index (κ2) is 9.69. The SMILES string of the molecule is CC(C)=NNC(=O)CCCCCNC(=O)c1ccccc1. The first-order valence-electron chi connectivity index (χ1n) is 7.22. The molecule has 2 amide bonds. The molecule has 5 nitrogen and oxygen atoms in total. The minimum atomic E-state index is -0.0653. The van der Waals surface area contributed by atoms with Gasteiger partial charge in [0.05, 0.1) is 0 Å². The Kier molecular flexibility index (Phi) is 7.79. The van der Waals surface area contributed by atoms with E-state index in [1.807, 2.05) is 32.0 Å². The van der Waals surface area contributed by atoms with Crippen molar-refractivity contribution in [3.05, 3.63) is 35.9 Å². The summed E-state index contributed by atoms with van der Waals surface area (Å²) >= 11 is 0. The van der Waals surface area contributed by atoms with Crippen LogP contribution in [0.3, 0.4) is 0 Å². The molecule has 0 unspecified atom stereocenters. The molecule has 5 heteroatoms. The maximum Gasteiger partial charge on any atom is 0.251 e. The van der Waals surface area contributed by atoms with E-state index < -0.39 is 0 Å². The van der Waals surface area contributed by atoms with Crippen molar-refractivity contribution < 1.29 is 9.59 Å². The number of nitrogens with zero attached hydrogens (tertiary/aromatic N) is 1. The van der Waals surface area contributed by atoms with E-state index in [2.05, 4.69) is 15.8 Å². The first kappa shape index (κ1) is 16.9. The van der Waals surface area contributed by atoms with Gasteiger partial charge in [0.25, 0.3) is 5.91 Å². The summed E-state index contributed by atoms with van der Waals surface area (Å²) in [6, 6.07) is 9.14. The van der Waals surface area contributed by atoms with Crippen molar-refractivity contribution in [1.82, 2.24) is 10.7 Å². The molecule has 0 spiro atoms. The van der Waals surface area contributed by atoms with Crippen molar-refractivity contribution in [1.29, 1.82) is 0 Å². The lowest BCUT2D eigenvalue weighted by Crippen LogP contribution is -2.24. The van der Waals surface area contributed by atoms with Gasteiger partial charge in [-0.3, -0.25) is 9.59 Å². The molecular formula is C16H23N3O2. The van der Waals surface area contributed by atoms with E-state index in [4.69, 9.17) is 0 Å². The lowest BCUT2D eigenvalue weighted by Gasteiger charge is -2.05. The van der Waals surface area contributed by atoms with E-state index in [1.165, 1.54) is 0 Å². The van der Waals surface area contributed by atoms with Crippen LogP contribution >= 0.6 is 0 Å². The maximum atomic E-state index is 11.7. The molecule has 1 aromatic rings. The highest BCUT2D eigenvalue weighted by Crippen LogP contribution is 2.01. The van der Waals surface area contributed by atoms with Gasteiger partial charge in [0.15, 0.2) is 0 Å². The number of carbonyl (C=O) groups is 2. The van der Waals surface area contributed by atoms with Crippen LogP contribution in [0, 0.1) is 0 Å². The molecular weight excluding hydrogens is 266 g/mol. The predicted octanol–water partition coefficient (Wildman–Crippen LogP) is 2.49. The van der Waals surface area contributed by atoms with Gasteiger partial charge in [0.2, 0.25) is 5.91 Å². The molecule has 0 saturated carbocycles. The van der Waals surface area contributed by atoms with Crippen LogP contribution < -0.4 is 10.7 Å². The predicted molar refractivity (Wildman–Crippen MR) is 84.2 cm³/mol. The zero-order valence-electron chi connectivity index (χ0n) is 12.7. The molecule has 0 aliphatic rings. The Balaban J connectivity index is 2.06. The van der Waals surface area contributed by atoms with Crippen LogP contribution in [0.4, 0.5) is 0 Å². The average molecular weight is 289 g/mol. The summed E-state index contributed by atoms with van der Waals surface area (Å²) in [5.41, 5.74) is 3.99. The summed E-state index contributed by atoms with van der Waals surface area (Å²) in [5, 5.41) is 6.72. The van der Waals surface area contributed by atoms with Crippen molar-refractivity contribution in [3.8, 4) is 0 Å². The topological polar surface area (TPSA) is 70.6 Å². The number of hydrogen-bond acceptors (Lipinski definition) is 3. The molecule has 0 aliphatic carbocycles. The maximum absolute atomic E-state index is 11.7. The van der Waals surface area contributed by atoms with Crippen molar-refractivity contribution >= 4 is 17.5 Å². The summed E-state index contributed by atoms with van der Waals surface area (Å²) in [4.78, 5) is 23.1. The van der Waals surface area contributed by atoms with Crippen LogP contribution in [0.5, 0.6) is 0 Å². The van der Waals surface area contributed by atoms with Crippen molar-refractivity contribution in [2.24, 2.45) is 5.10 Å². The average Bonchev–Trinajstić information content (AvgIpc) is 2.49. The van der Waals surface area contributed by atoms with Crippen LogP contribution in [-0.4, -0.2) is 24.1 Å². The number of unbranched alkanes of at least 4 members (excludes halogenated alkanes) is 2. The van der Waals surface area contributed by atoms with Gasteiger partial charge >= 0.3 is 0 Å². The molecule has 0 fully saturated rings. The summed E-state index contributed by atoms with van der Waals surface area (Å²) in [7, 11) is 0. The standard InChI is InChI=1S/C16H23N3O2/c1-13(2)18-19-15(20)11-7-4-8-12-17-16(21)14-9-5-3-6-10-14/h3,5-6,9-10H,4,7-8,11-12H2,1-2H3,(H,17,21)(H,19,20). The van der Waals surface area contributed by atoms with E-state index in [9.17, 15) is 9.59 Å². The van der Waals surface area contributed by atoms with Crippen molar-refractivity contribution in [2.45, 2.75) is 39.5 Å². The summed E-state index contributed by atoms with van der Waals surface area (Å²) in [5.74, 6) is -0.120. The van der Waals surface area contributed by atoms with Crippen LogP contribution in [0.2, 0.25) is 0 Å². The third-order valence-electron chi connectivity index (χ3n) is 2.81. The van der Waals surface area contributed by atoms with Crippen LogP contribution in [-0.2, 0) is 4.79 Å². The summed E-state index contributed by atoms with van der Waals surface area (Å²) < 4.78 is 0.